The number of halogens is 2. The minimum atomic E-state index is -0.418. The van der Waals surface area contributed by atoms with E-state index in [0.29, 0.717) is 58.7 Å². The molecule has 1 aliphatic heterocycles. The van der Waals surface area contributed by atoms with Gasteiger partial charge in [-0.3, -0.25) is 14.4 Å². The van der Waals surface area contributed by atoms with Crippen molar-refractivity contribution >= 4 is 52.9 Å². The molecule has 1 aliphatic rings. The summed E-state index contributed by atoms with van der Waals surface area (Å²) >= 11 is 12.6. The van der Waals surface area contributed by atoms with Crippen LogP contribution in [0, 0.1) is 0 Å². The van der Waals surface area contributed by atoms with E-state index in [1.54, 1.807) is 12.1 Å². The van der Waals surface area contributed by atoms with E-state index in [1.165, 1.54) is 7.11 Å². The summed E-state index contributed by atoms with van der Waals surface area (Å²) in [6.07, 6.45) is 5.49. The Morgan fingerprint density at radius 1 is 1.21 bits per heavy atom. The quantitative estimate of drug-likeness (QED) is 0.249. The molecule has 200 valence electrons. The van der Waals surface area contributed by atoms with Gasteiger partial charge in [0.1, 0.15) is 16.7 Å². The van der Waals surface area contributed by atoms with Crippen molar-refractivity contribution in [2.45, 2.75) is 31.7 Å². The molecule has 38 heavy (non-hydrogen) atoms. The second-order valence-corrected chi connectivity index (χ2v) is 9.16. The Kier molecular flexibility index (Phi) is 10.7. The maximum Gasteiger partial charge on any atom is 0.292 e. The highest BCUT2D eigenvalue weighted by atomic mass is 35.5. The van der Waals surface area contributed by atoms with Gasteiger partial charge in [-0.15, -0.1) is 0 Å². The minimum Gasteiger partial charge on any atom is -0.471 e. The number of carbonyl (C=O) groups excluding carboxylic acids is 3. The van der Waals surface area contributed by atoms with E-state index in [1.807, 2.05) is 49.5 Å². The number of methoxy groups -OCH3 is 1. The van der Waals surface area contributed by atoms with E-state index in [-0.39, 0.29) is 18.2 Å². The monoisotopic (exact) mass is 557 g/mol. The van der Waals surface area contributed by atoms with E-state index >= 15 is 0 Å². The first-order valence-corrected chi connectivity index (χ1v) is 12.6. The highest BCUT2D eigenvalue weighted by Gasteiger charge is 2.22. The summed E-state index contributed by atoms with van der Waals surface area (Å²) in [5.41, 5.74) is 3.48. The molecule has 0 fully saturated rings. The number of H-pyrrole nitrogens is 1. The van der Waals surface area contributed by atoms with E-state index in [4.69, 9.17) is 33.0 Å². The Morgan fingerprint density at radius 3 is 2.71 bits per heavy atom. The van der Waals surface area contributed by atoms with Crippen molar-refractivity contribution in [2.24, 2.45) is 0 Å². The van der Waals surface area contributed by atoms with Crippen LogP contribution in [0.1, 0.15) is 36.7 Å². The van der Waals surface area contributed by atoms with Crippen LogP contribution >= 0.6 is 23.2 Å². The number of benzene rings is 2. The van der Waals surface area contributed by atoms with Crippen LogP contribution in [-0.2, 0) is 25.5 Å². The molecule has 11 heteroatoms. The van der Waals surface area contributed by atoms with Crippen LogP contribution in [0.2, 0.25) is 10.2 Å². The zero-order valence-corrected chi connectivity index (χ0v) is 22.5. The third kappa shape index (κ3) is 8.09. The predicted octanol–water partition coefficient (Wildman–Crippen LogP) is 5.29. The molecule has 4 N–H and O–H groups in total. The van der Waals surface area contributed by atoms with Crippen LogP contribution in [0.4, 0.5) is 11.4 Å². The fraction of sp³-hybridized carbons (Fsp3) is 0.259. The van der Waals surface area contributed by atoms with Crippen molar-refractivity contribution in [3.63, 3.8) is 0 Å². The zero-order valence-electron chi connectivity index (χ0n) is 21.0. The predicted molar refractivity (Wildman–Crippen MR) is 149 cm³/mol. The van der Waals surface area contributed by atoms with Crippen molar-refractivity contribution in [3.8, 4) is 11.3 Å². The number of hydrogen-bond donors (Lipinski definition) is 4. The molecule has 2 bridgehead atoms. The smallest absolute Gasteiger partial charge is 0.292 e. The van der Waals surface area contributed by atoms with Crippen LogP contribution in [0.25, 0.3) is 11.3 Å². The summed E-state index contributed by atoms with van der Waals surface area (Å²) in [5.74, 6) is 0.282. The molecular weight excluding hydrogens is 529 g/mol. The third-order valence-electron chi connectivity index (χ3n) is 5.61. The maximum absolute atomic E-state index is 12.8. The van der Waals surface area contributed by atoms with Crippen LogP contribution in [0.15, 0.2) is 54.6 Å². The number of aromatic nitrogens is 2. The molecule has 0 unspecified atom stereocenters. The first kappa shape index (κ1) is 28.7. The third-order valence-corrected chi connectivity index (χ3v) is 6.12. The van der Waals surface area contributed by atoms with Gasteiger partial charge in [-0.2, -0.15) is 0 Å². The molecule has 0 spiro atoms. The van der Waals surface area contributed by atoms with Gasteiger partial charge in [0.2, 0.25) is 11.8 Å². The number of imidazole rings is 1. The number of allylic oxidation sites excluding steroid dienone is 1. The lowest BCUT2D eigenvalue weighted by atomic mass is 10.1. The number of carbonyl (C=O) groups is 3. The summed E-state index contributed by atoms with van der Waals surface area (Å²) in [5, 5.41) is 10.0. The zero-order chi connectivity index (χ0) is 27.5. The Hall–Kier alpha value is -3.82. The normalized spacial score (nSPS) is 15.6. The number of anilines is 2. The lowest BCUT2D eigenvalue weighted by Crippen LogP contribution is -2.30. The van der Waals surface area contributed by atoms with Crippen LogP contribution in [0.5, 0.6) is 0 Å². The highest BCUT2D eigenvalue weighted by molar-refractivity contribution is 6.32. The number of fused-ring (bicyclic) bond motifs is 4. The highest BCUT2D eigenvalue weighted by Crippen LogP contribution is 2.35. The summed E-state index contributed by atoms with van der Waals surface area (Å²) < 4.78 is 3.86. The summed E-state index contributed by atoms with van der Waals surface area (Å²) in [6.45, 7) is 0.375. The maximum atomic E-state index is 12.8. The van der Waals surface area contributed by atoms with Gasteiger partial charge < -0.3 is 25.7 Å². The molecular formula is C27H29Cl2N5O4. The standard InChI is InChI=1S/C25H25Cl2N5O2.C2H4O2/c1-28-17-10-11-18-20(14-17)30-21(33)9-4-2-3-8-19(25-31-23(18)24(27)32-25)29-22(34)13-15-6-5-7-16(26)12-15;1-4-2-3/h2-3,5-7,10-12,14,19,28H,4,8-9,13H2,1H3,(H,29,34)(H,30,33)(H,31,32);2H,1H3/b3-2+;/t19-;/m0./s1. The van der Waals surface area contributed by atoms with E-state index in [9.17, 15) is 9.59 Å². The molecule has 0 radical (unpaired) electrons. The Labute approximate surface area is 231 Å². The van der Waals surface area contributed by atoms with Crippen molar-refractivity contribution in [3.05, 3.63) is 76.2 Å². The first-order valence-electron chi connectivity index (χ1n) is 11.9. The molecule has 3 aromatic rings. The number of nitrogens with zero attached hydrogens (tertiary/aromatic N) is 1. The molecule has 1 atom stereocenters. The van der Waals surface area contributed by atoms with Gasteiger partial charge in [-0.25, -0.2) is 4.98 Å². The number of aromatic amines is 1. The molecule has 2 amide bonds. The van der Waals surface area contributed by atoms with Crippen molar-refractivity contribution in [1.82, 2.24) is 15.3 Å². The van der Waals surface area contributed by atoms with Gasteiger partial charge in [0.15, 0.2) is 0 Å². The second kappa shape index (κ2) is 14.2. The lowest BCUT2D eigenvalue weighted by molar-refractivity contribution is -0.126. The molecule has 0 saturated heterocycles. The largest absolute Gasteiger partial charge is 0.471 e. The van der Waals surface area contributed by atoms with Crippen LogP contribution in [-0.4, -0.2) is 42.4 Å². The summed E-state index contributed by atoms with van der Waals surface area (Å²) in [7, 11) is 3.12. The Bertz CT molecular complexity index is 1310. The number of nitrogens with one attached hydrogen (secondary N) is 4. The number of hydrogen-bond acceptors (Lipinski definition) is 6. The summed E-state index contributed by atoms with van der Waals surface area (Å²) in [4.78, 5) is 42.1. The number of amides is 2. The second-order valence-electron chi connectivity index (χ2n) is 8.35. The molecule has 2 aromatic carbocycles. The number of rotatable bonds is 5. The van der Waals surface area contributed by atoms with Crippen LogP contribution in [0.3, 0.4) is 0 Å². The average molecular weight is 558 g/mol. The molecule has 1 aromatic heterocycles. The van der Waals surface area contributed by atoms with E-state index in [0.717, 1.165) is 11.3 Å². The lowest BCUT2D eigenvalue weighted by Gasteiger charge is -2.15. The Morgan fingerprint density at radius 2 is 2.00 bits per heavy atom. The van der Waals surface area contributed by atoms with Crippen molar-refractivity contribution < 1.29 is 19.1 Å². The minimum absolute atomic E-state index is 0.100. The Balaban J connectivity index is 0.000000934. The molecule has 0 aliphatic carbocycles. The van der Waals surface area contributed by atoms with E-state index < -0.39 is 6.04 Å². The molecule has 2 heterocycles. The SMILES string of the molecule is CNc1ccc2c(c1)NC(=O)CC/C=C/C[C@H](NC(=O)Cc1cccc(Cl)c1)c1nc-2c(Cl)[nH]1.COC=O. The van der Waals surface area contributed by atoms with Gasteiger partial charge in [0.25, 0.3) is 6.47 Å². The fourth-order valence-electron chi connectivity index (χ4n) is 3.82. The van der Waals surface area contributed by atoms with Gasteiger partial charge in [0.05, 0.1) is 25.3 Å². The molecule has 4 rings (SSSR count). The number of ether oxygens (including phenoxy) is 1. The fourth-order valence-corrected chi connectivity index (χ4v) is 4.27. The van der Waals surface area contributed by atoms with Gasteiger partial charge in [-0.1, -0.05) is 47.5 Å². The molecule has 9 nitrogen and oxygen atoms in total. The first-order chi connectivity index (χ1) is 18.3. The van der Waals surface area contributed by atoms with Crippen molar-refractivity contribution in [2.75, 3.05) is 24.8 Å². The summed E-state index contributed by atoms with van der Waals surface area (Å²) in [6, 6.07) is 12.4. The van der Waals surface area contributed by atoms with Gasteiger partial charge in [-0.05, 0) is 48.7 Å². The molecule has 0 saturated carbocycles. The van der Waals surface area contributed by atoms with Gasteiger partial charge >= 0.3 is 0 Å². The topological polar surface area (TPSA) is 125 Å². The van der Waals surface area contributed by atoms with Gasteiger partial charge in [0, 0.05) is 29.7 Å². The van der Waals surface area contributed by atoms with Crippen molar-refractivity contribution in [1.29, 1.82) is 0 Å². The van der Waals surface area contributed by atoms with E-state index in [2.05, 4.69) is 25.7 Å². The average Bonchev–Trinajstić information content (AvgIpc) is 3.28. The van der Waals surface area contributed by atoms with Crippen LogP contribution < -0.4 is 16.0 Å².